The highest BCUT2D eigenvalue weighted by Gasteiger charge is 2.11. The Morgan fingerprint density at radius 2 is 1.33 bits per heavy atom. The van der Waals surface area contributed by atoms with Crippen LogP contribution in [0, 0.1) is 0 Å². The van der Waals surface area contributed by atoms with Crippen molar-refractivity contribution in [2.75, 3.05) is 12.5 Å². The molecule has 0 atom stereocenters. The van der Waals surface area contributed by atoms with Gasteiger partial charge in [-0.3, -0.25) is 0 Å². The maximum absolute atomic E-state index is 2.27. The molecule has 0 spiro atoms. The van der Waals surface area contributed by atoms with Gasteiger partial charge in [-0.15, -0.1) is 0 Å². The van der Waals surface area contributed by atoms with Crippen molar-refractivity contribution in [2.45, 2.75) is 39.0 Å². The van der Waals surface area contributed by atoms with Crippen LogP contribution < -0.4 is 0 Å². The van der Waals surface area contributed by atoms with Crippen LogP contribution in [0.1, 0.15) is 34.1 Å². The number of hydrogen-bond acceptors (Lipinski definition) is 0. The second-order valence-electron chi connectivity index (χ2n) is 4.00. The molecule has 0 saturated carbocycles. The van der Waals surface area contributed by atoms with Gasteiger partial charge in [-0.05, 0) is 17.5 Å². The van der Waals surface area contributed by atoms with Crippen LogP contribution in [0.3, 0.4) is 0 Å². The zero-order valence-corrected chi connectivity index (χ0v) is 13.5. The zero-order chi connectivity index (χ0) is 14.0. The average molecular weight is 263 g/mol. The fourth-order valence-electron chi connectivity index (χ4n) is 1.55. The van der Waals surface area contributed by atoms with E-state index in [4.69, 9.17) is 0 Å². The first kappa shape index (κ1) is 17.1. The molecular weight excluding hydrogens is 236 g/mol. The lowest BCUT2D eigenvalue weighted by Gasteiger charge is -2.01. The molecule has 0 amide bonds. The van der Waals surface area contributed by atoms with E-state index in [-0.39, 0.29) is 0 Å². The van der Waals surface area contributed by atoms with E-state index >= 15 is 0 Å². The Morgan fingerprint density at radius 1 is 0.833 bits per heavy atom. The van der Waals surface area contributed by atoms with Crippen molar-refractivity contribution in [1.29, 1.82) is 0 Å². The topological polar surface area (TPSA) is 0 Å². The normalized spacial score (nSPS) is 9.28. The summed E-state index contributed by atoms with van der Waals surface area (Å²) in [5, 5.41) is 2.75. The van der Waals surface area contributed by atoms with E-state index < -0.39 is 0 Å². The minimum Gasteiger partial charge on any atom is -0.0683 e. The first-order valence-corrected chi connectivity index (χ1v) is 8.80. The molecule has 100 valence electrons. The fraction of sp³-hybridized carbons (Fsp3) is 0.412. The summed E-state index contributed by atoms with van der Waals surface area (Å²) >= 11 is 0. The van der Waals surface area contributed by atoms with E-state index in [2.05, 4.69) is 68.8 Å². The van der Waals surface area contributed by atoms with Crippen molar-refractivity contribution in [3.63, 3.8) is 0 Å². The molecule has 0 N–H and O–H groups in total. The largest absolute Gasteiger partial charge is 0.162 e. The van der Waals surface area contributed by atoms with Gasteiger partial charge in [0.2, 0.25) is 0 Å². The van der Waals surface area contributed by atoms with Crippen LogP contribution in [0.5, 0.6) is 0 Å². The quantitative estimate of drug-likeness (QED) is 0.594. The fourth-order valence-corrected chi connectivity index (χ4v) is 2.53. The summed E-state index contributed by atoms with van der Waals surface area (Å²) in [5.74, 6) is 0. The second-order valence-corrected chi connectivity index (χ2v) is 6.07. The Morgan fingerprint density at radius 3 is 1.89 bits per heavy atom. The van der Waals surface area contributed by atoms with Gasteiger partial charge in [0.1, 0.15) is 12.5 Å². The van der Waals surface area contributed by atoms with E-state index in [1.807, 2.05) is 13.8 Å². The van der Waals surface area contributed by atoms with Crippen molar-refractivity contribution in [1.82, 2.24) is 0 Å². The Hall–Kier alpha value is -0.950. The number of benzene rings is 2. The van der Waals surface area contributed by atoms with Crippen molar-refractivity contribution < 1.29 is 0 Å². The third-order valence-electron chi connectivity index (χ3n) is 2.19. The van der Waals surface area contributed by atoms with E-state index in [1.165, 1.54) is 22.1 Å². The molecule has 0 aliphatic carbocycles. The Labute approximate surface area is 116 Å². The van der Waals surface area contributed by atoms with Gasteiger partial charge in [0.15, 0.2) is 4.90 Å². The molecule has 0 fully saturated rings. The molecule has 0 bridgehead atoms. The Kier molecular flexibility index (Phi) is 9.49. The molecule has 2 aromatic rings. The third-order valence-corrected chi connectivity index (χ3v) is 3.43. The SMILES string of the molecule is CC.CCC.C[S+](C)c1cccc2ccccc12. The van der Waals surface area contributed by atoms with Gasteiger partial charge in [0, 0.05) is 16.3 Å². The summed E-state index contributed by atoms with van der Waals surface area (Å²) in [6, 6.07) is 15.1. The average Bonchev–Trinajstić information content (AvgIpc) is 2.41. The molecule has 0 aliphatic heterocycles. The first-order valence-electron chi connectivity index (χ1n) is 6.76. The molecule has 0 unspecified atom stereocenters. The van der Waals surface area contributed by atoms with Gasteiger partial charge in [-0.1, -0.05) is 64.4 Å². The van der Waals surface area contributed by atoms with Crippen LogP contribution in [0.4, 0.5) is 0 Å². The highest BCUT2D eigenvalue weighted by Crippen LogP contribution is 2.22. The third kappa shape index (κ3) is 5.14. The molecule has 2 aromatic carbocycles. The smallest absolute Gasteiger partial charge is 0.0683 e. The summed E-state index contributed by atoms with van der Waals surface area (Å²) in [7, 11) is 0.346. The highest BCUT2D eigenvalue weighted by atomic mass is 32.2. The van der Waals surface area contributed by atoms with E-state index in [0.717, 1.165) is 0 Å². The maximum atomic E-state index is 2.27. The van der Waals surface area contributed by atoms with E-state index in [9.17, 15) is 0 Å². The molecule has 0 saturated heterocycles. The summed E-state index contributed by atoms with van der Waals surface area (Å²) in [6.45, 7) is 8.25. The lowest BCUT2D eigenvalue weighted by molar-refractivity contribution is 1.09. The summed E-state index contributed by atoms with van der Waals surface area (Å²) in [6.07, 6.45) is 5.78. The van der Waals surface area contributed by atoms with Crippen molar-refractivity contribution in [2.24, 2.45) is 0 Å². The lowest BCUT2D eigenvalue weighted by atomic mass is 10.1. The lowest BCUT2D eigenvalue weighted by Crippen LogP contribution is -1.95. The minimum atomic E-state index is 0.346. The van der Waals surface area contributed by atoms with Gasteiger partial charge >= 0.3 is 0 Å². The first-order chi connectivity index (χ1) is 8.70. The molecule has 0 aromatic heterocycles. The summed E-state index contributed by atoms with van der Waals surface area (Å²) in [5.41, 5.74) is 0. The van der Waals surface area contributed by atoms with Gasteiger partial charge < -0.3 is 0 Å². The zero-order valence-electron chi connectivity index (χ0n) is 12.7. The monoisotopic (exact) mass is 263 g/mol. The highest BCUT2D eigenvalue weighted by molar-refractivity contribution is 7.95. The van der Waals surface area contributed by atoms with E-state index in [1.54, 1.807) is 0 Å². The van der Waals surface area contributed by atoms with Gasteiger partial charge in [0.25, 0.3) is 0 Å². The standard InChI is InChI=1S/C12H13S.C3H8.C2H6/c1-13(2)12-9-5-7-10-6-3-4-8-11(10)12;1-3-2;1-2/h3-9H,1-2H3;3H2,1-2H3;1-2H3/q+1;;. The van der Waals surface area contributed by atoms with Crippen molar-refractivity contribution in [3.05, 3.63) is 42.5 Å². The van der Waals surface area contributed by atoms with Crippen LogP contribution in [-0.2, 0) is 10.9 Å². The molecular formula is C17H27S+. The van der Waals surface area contributed by atoms with Crippen molar-refractivity contribution >= 4 is 21.7 Å². The number of rotatable bonds is 1. The molecule has 0 nitrogen and oxygen atoms in total. The van der Waals surface area contributed by atoms with Crippen LogP contribution in [0.2, 0.25) is 0 Å². The number of hydrogen-bond donors (Lipinski definition) is 0. The Bertz CT molecular complexity index is 427. The molecule has 2 rings (SSSR count). The van der Waals surface area contributed by atoms with Crippen LogP contribution in [-0.4, -0.2) is 12.5 Å². The predicted molar refractivity (Wildman–Crippen MR) is 88.7 cm³/mol. The maximum Gasteiger partial charge on any atom is 0.162 e. The van der Waals surface area contributed by atoms with Gasteiger partial charge in [0.05, 0.1) is 0 Å². The summed E-state index contributed by atoms with van der Waals surface area (Å²) < 4.78 is 0. The summed E-state index contributed by atoms with van der Waals surface area (Å²) in [4.78, 5) is 1.47. The van der Waals surface area contributed by atoms with Crippen molar-refractivity contribution in [3.8, 4) is 0 Å². The van der Waals surface area contributed by atoms with Crippen LogP contribution in [0.15, 0.2) is 47.4 Å². The molecule has 0 radical (unpaired) electrons. The predicted octanol–water partition coefficient (Wildman–Crippen LogP) is 5.52. The van der Waals surface area contributed by atoms with Gasteiger partial charge in [-0.2, -0.15) is 0 Å². The van der Waals surface area contributed by atoms with E-state index in [0.29, 0.717) is 10.9 Å². The molecule has 0 aliphatic rings. The Balaban J connectivity index is 0.000000509. The molecule has 18 heavy (non-hydrogen) atoms. The molecule has 1 heteroatoms. The second kappa shape index (κ2) is 10.0. The van der Waals surface area contributed by atoms with Crippen LogP contribution >= 0.6 is 0 Å². The van der Waals surface area contributed by atoms with Crippen LogP contribution in [0.25, 0.3) is 10.8 Å². The van der Waals surface area contributed by atoms with Gasteiger partial charge in [-0.25, -0.2) is 0 Å². The number of fused-ring (bicyclic) bond motifs is 1. The minimum absolute atomic E-state index is 0.346. The molecule has 0 heterocycles.